The van der Waals surface area contributed by atoms with Gasteiger partial charge in [0.2, 0.25) is 5.91 Å². The summed E-state index contributed by atoms with van der Waals surface area (Å²) >= 11 is 0. The van der Waals surface area contributed by atoms with Crippen LogP contribution in [0.4, 0.5) is 0 Å². The van der Waals surface area contributed by atoms with E-state index in [1.807, 2.05) is 30.0 Å². The van der Waals surface area contributed by atoms with Crippen LogP contribution in [0.2, 0.25) is 0 Å². The van der Waals surface area contributed by atoms with Gasteiger partial charge in [-0.05, 0) is 37.0 Å². The lowest BCUT2D eigenvalue weighted by molar-refractivity contribution is -0.137. The molecule has 0 spiro atoms. The van der Waals surface area contributed by atoms with Crippen LogP contribution in [0, 0.1) is 24.2 Å². The summed E-state index contributed by atoms with van der Waals surface area (Å²) in [6.45, 7) is 7.01. The molecule has 2 aromatic rings. The van der Waals surface area contributed by atoms with Gasteiger partial charge in [0.15, 0.2) is 0 Å². The number of rotatable bonds is 3. The number of carbonyl (C=O) groups is 1. The van der Waals surface area contributed by atoms with Gasteiger partial charge < -0.3 is 9.88 Å². The van der Waals surface area contributed by atoms with Crippen molar-refractivity contribution < 1.29 is 4.79 Å². The Morgan fingerprint density at radius 2 is 2.22 bits per heavy atom. The van der Waals surface area contributed by atoms with Crippen LogP contribution in [0.1, 0.15) is 51.0 Å². The zero-order valence-electron chi connectivity index (χ0n) is 14.0. The van der Waals surface area contributed by atoms with Crippen LogP contribution in [0.15, 0.2) is 18.2 Å². The van der Waals surface area contributed by atoms with Gasteiger partial charge in [0.1, 0.15) is 5.82 Å². The van der Waals surface area contributed by atoms with E-state index < -0.39 is 0 Å². The standard InChI is InChI=1S/C19H23N3O/c1-5-14-8-9-15-16(11-14)21-18(20-15)17-7-6-10-22(17)19(23)13(4)12(2)3/h1,8-9,11-13,17H,6-7,10H2,2-4H3,(H,20,21)/t13-,17-/m0/s1. The molecular formula is C19H23N3O. The van der Waals surface area contributed by atoms with Crippen molar-refractivity contribution in [1.29, 1.82) is 0 Å². The molecule has 0 unspecified atom stereocenters. The SMILES string of the molecule is C#Cc1ccc2nc([C@@H]3CCCN3C(=O)[C@@H](C)C(C)C)[nH]c2c1. The van der Waals surface area contributed by atoms with E-state index >= 15 is 0 Å². The van der Waals surface area contributed by atoms with Gasteiger partial charge >= 0.3 is 0 Å². The minimum atomic E-state index is 0.0352. The maximum Gasteiger partial charge on any atom is 0.226 e. The number of aromatic nitrogens is 2. The number of amides is 1. The topological polar surface area (TPSA) is 49.0 Å². The Hall–Kier alpha value is -2.28. The Labute approximate surface area is 137 Å². The fourth-order valence-electron chi connectivity index (χ4n) is 3.14. The van der Waals surface area contributed by atoms with E-state index in [9.17, 15) is 4.79 Å². The largest absolute Gasteiger partial charge is 0.340 e. The summed E-state index contributed by atoms with van der Waals surface area (Å²) in [5.74, 6) is 4.12. The average molecular weight is 309 g/mol. The molecule has 1 amide bonds. The highest BCUT2D eigenvalue weighted by molar-refractivity contribution is 5.80. The lowest BCUT2D eigenvalue weighted by Gasteiger charge is -2.27. The van der Waals surface area contributed by atoms with Gasteiger partial charge in [0.05, 0.1) is 17.1 Å². The molecule has 1 aromatic heterocycles. The average Bonchev–Trinajstić information content (AvgIpc) is 3.18. The maximum atomic E-state index is 12.7. The van der Waals surface area contributed by atoms with Crippen molar-refractivity contribution in [2.45, 2.75) is 39.7 Å². The van der Waals surface area contributed by atoms with Gasteiger partial charge in [0, 0.05) is 18.0 Å². The van der Waals surface area contributed by atoms with Crippen LogP contribution in [0.3, 0.4) is 0 Å². The number of benzene rings is 1. The number of carbonyl (C=O) groups excluding carboxylic acids is 1. The van der Waals surface area contributed by atoms with Gasteiger partial charge in [-0.15, -0.1) is 6.42 Å². The molecule has 0 bridgehead atoms. The predicted molar refractivity (Wildman–Crippen MR) is 91.7 cm³/mol. The lowest BCUT2D eigenvalue weighted by atomic mass is 9.96. The minimum Gasteiger partial charge on any atom is -0.340 e. The van der Waals surface area contributed by atoms with Gasteiger partial charge in [0.25, 0.3) is 0 Å². The van der Waals surface area contributed by atoms with Crippen molar-refractivity contribution in [3.05, 3.63) is 29.6 Å². The molecule has 2 heterocycles. The number of likely N-dealkylation sites (tertiary alicyclic amines) is 1. The van der Waals surface area contributed by atoms with E-state index in [0.29, 0.717) is 5.92 Å². The Bertz CT molecular complexity index is 769. The Morgan fingerprint density at radius 1 is 1.43 bits per heavy atom. The van der Waals surface area contributed by atoms with Crippen LogP contribution >= 0.6 is 0 Å². The van der Waals surface area contributed by atoms with Crippen LogP contribution in [-0.2, 0) is 4.79 Å². The first-order chi connectivity index (χ1) is 11.0. The predicted octanol–water partition coefficient (Wildman–Crippen LogP) is 3.50. The molecule has 1 saturated heterocycles. The third-order valence-electron chi connectivity index (χ3n) is 4.91. The number of imidazole rings is 1. The zero-order valence-corrected chi connectivity index (χ0v) is 14.0. The number of terminal acetylenes is 1. The summed E-state index contributed by atoms with van der Waals surface area (Å²) in [5, 5.41) is 0. The number of hydrogen-bond donors (Lipinski definition) is 1. The molecule has 1 fully saturated rings. The van der Waals surface area contributed by atoms with Gasteiger partial charge in [-0.25, -0.2) is 4.98 Å². The van der Waals surface area contributed by atoms with Crippen molar-refractivity contribution in [3.8, 4) is 12.3 Å². The first-order valence-corrected chi connectivity index (χ1v) is 8.28. The highest BCUT2D eigenvalue weighted by Crippen LogP contribution is 2.33. The number of nitrogens with one attached hydrogen (secondary N) is 1. The van der Waals surface area contributed by atoms with E-state index in [1.54, 1.807) is 0 Å². The van der Waals surface area contributed by atoms with Crippen LogP contribution in [-0.4, -0.2) is 27.3 Å². The summed E-state index contributed by atoms with van der Waals surface area (Å²) < 4.78 is 0. The summed E-state index contributed by atoms with van der Waals surface area (Å²) in [7, 11) is 0. The molecule has 2 atom stereocenters. The fourth-order valence-corrected chi connectivity index (χ4v) is 3.14. The highest BCUT2D eigenvalue weighted by Gasteiger charge is 2.34. The minimum absolute atomic E-state index is 0.0352. The van der Waals surface area contributed by atoms with E-state index in [0.717, 1.165) is 41.8 Å². The molecule has 3 rings (SSSR count). The molecule has 1 aliphatic heterocycles. The van der Waals surface area contributed by atoms with E-state index in [-0.39, 0.29) is 17.9 Å². The normalized spacial score (nSPS) is 19.3. The number of fused-ring (bicyclic) bond motifs is 1. The Kier molecular flexibility index (Phi) is 4.12. The first-order valence-electron chi connectivity index (χ1n) is 8.28. The van der Waals surface area contributed by atoms with Gasteiger partial charge in [-0.3, -0.25) is 4.79 Å². The molecule has 0 radical (unpaired) electrons. The van der Waals surface area contributed by atoms with E-state index in [1.165, 1.54) is 0 Å². The van der Waals surface area contributed by atoms with Crippen molar-refractivity contribution in [3.63, 3.8) is 0 Å². The van der Waals surface area contributed by atoms with Crippen molar-refractivity contribution in [2.24, 2.45) is 11.8 Å². The number of H-pyrrole nitrogens is 1. The summed E-state index contributed by atoms with van der Waals surface area (Å²) in [6.07, 6.45) is 7.43. The Balaban J connectivity index is 1.91. The molecule has 120 valence electrons. The molecule has 1 N–H and O–H groups in total. The Morgan fingerprint density at radius 3 is 2.91 bits per heavy atom. The van der Waals surface area contributed by atoms with E-state index in [4.69, 9.17) is 6.42 Å². The molecule has 0 aliphatic carbocycles. The molecule has 4 nitrogen and oxygen atoms in total. The third kappa shape index (κ3) is 2.84. The third-order valence-corrected chi connectivity index (χ3v) is 4.91. The monoisotopic (exact) mass is 309 g/mol. The summed E-state index contributed by atoms with van der Waals surface area (Å²) in [5.41, 5.74) is 2.67. The van der Waals surface area contributed by atoms with Crippen LogP contribution < -0.4 is 0 Å². The van der Waals surface area contributed by atoms with Gasteiger partial charge in [-0.2, -0.15) is 0 Å². The summed E-state index contributed by atoms with van der Waals surface area (Å²) in [4.78, 5) is 22.8. The lowest BCUT2D eigenvalue weighted by Crippen LogP contribution is -2.36. The molecular weight excluding hydrogens is 286 g/mol. The fraction of sp³-hybridized carbons (Fsp3) is 0.474. The van der Waals surface area contributed by atoms with Crippen LogP contribution in [0.25, 0.3) is 11.0 Å². The van der Waals surface area contributed by atoms with Gasteiger partial charge in [-0.1, -0.05) is 26.7 Å². The molecule has 1 aliphatic rings. The zero-order chi connectivity index (χ0) is 16.6. The molecule has 4 heteroatoms. The van der Waals surface area contributed by atoms with Crippen molar-refractivity contribution >= 4 is 16.9 Å². The smallest absolute Gasteiger partial charge is 0.226 e. The first kappa shape index (κ1) is 15.6. The number of nitrogens with zero attached hydrogens (tertiary/aromatic N) is 2. The second-order valence-electron chi connectivity index (χ2n) is 6.72. The number of hydrogen-bond acceptors (Lipinski definition) is 2. The molecule has 1 aromatic carbocycles. The highest BCUT2D eigenvalue weighted by atomic mass is 16.2. The second kappa shape index (κ2) is 6.08. The maximum absolute atomic E-state index is 12.7. The van der Waals surface area contributed by atoms with Crippen molar-refractivity contribution in [2.75, 3.05) is 6.54 Å². The number of aromatic amines is 1. The molecule has 23 heavy (non-hydrogen) atoms. The summed E-state index contributed by atoms with van der Waals surface area (Å²) in [6, 6.07) is 5.81. The quantitative estimate of drug-likeness (QED) is 0.882. The van der Waals surface area contributed by atoms with E-state index in [2.05, 4.69) is 29.7 Å². The van der Waals surface area contributed by atoms with Crippen LogP contribution in [0.5, 0.6) is 0 Å². The van der Waals surface area contributed by atoms with Crippen molar-refractivity contribution in [1.82, 2.24) is 14.9 Å². The second-order valence-corrected chi connectivity index (χ2v) is 6.72. The molecule has 0 saturated carbocycles.